The fraction of sp³-hybridized carbons (Fsp3) is 0.200. The van der Waals surface area contributed by atoms with E-state index in [9.17, 15) is 4.79 Å². The van der Waals surface area contributed by atoms with E-state index in [1.165, 1.54) is 5.57 Å². The quantitative estimate of drug-likeness (QED) is 0.763. The van der Waals surface area contributed by atoms with Gasteiger partial charge in [0, 0.05) is 12.6 Å². The number of aliphatic imine (C=N–C) groups is 1. The molecule has 92 valence electrons. The van der Waals surface area contributed by atoms with Crippen molar-refractivity contribution in [1.82, 2.24) is 0 Å². The van der Waals surface area contributed by atoms with Gasteiger partial charge in [-0.25, -0.2) is 4.79 Å². The maximum atomic E-state index is 11.8. The summed E-state index contributed by atoms with van der Waals surface area (Å²) in [4.78, 5) is 15.9. The molecule has 0 atom stereocenters. The van der Waals surface area contributed by atoms with E-state index >= 15 is 0 Å². The third kappa shape index (κ3) is 3.42. The molecule has 18 heavy (non-hydrogen) atoms. The smallest absolute Gasteiger partial charge is 0.357 e. The first-order valence-electron chi connectivity index (χ1n) is 5.87. The molecule has 0 N–H and O–H groups in total. The topological polar surface area (TPSA) is 38.7 Å². The van der Waals surface area contributed by atoms with E-state index in [0.29, 0.717) is 5.70 Å². The Balaban J connectivity index is 1.96. The molecule has 0 unspecified atom stereocenters. The van der Waals surface area contributed by atoms with Gasteiger partial charge in [0.25, 0.3) is 0 Å². The van der Waals surface area contributed by atoms with Gasteiger partial charge in [-0.3, -0.25) is 4.99 Å². The molecule has 1 heterocycles. The molecule has 0 bridgehead atoms. The van der Waals surface area contributed by atoms with Crippen LogP contribution >= 0.6 is 0 Å². The number of esters is 1. The highest BCUT2D eigenvalue weighted by Gasteiger charge is 2.10. The van der Waals surface area contributed by atoms with Crippen LogP contribution in [0.5, 0.6) is 0 Å². The van der Waals surface area contributed by atoms with Crippen molar-refractivity contribution < 1.29 is 9.53 Å². The van der Waals surface area contributed by atoms with E-state index in [1.807, 2.05) is 43.3 Å². The molecular weight excluding hydrogens is 226 g/mol. The van der Waals surface area contributed by atoms with Crippen LogP contribution in [0, 0.1) is 0 Å². The van der Waals surface area contributed by atoms with Crippen LogP contribution in [-0.4, -0.2) is 12.2 Å². The number of carbonyl (C=O) groups is 1. The third-order valence-electron chi connectivity index (χ3n) is 2.59. The summed E-state index contributed by atoms with van der Waals surface area (Å²) >= 11 is 0. The Morgan fingerprint density at radius 3 is 2.83 bits per heavy atom. The van der Waals surface area contributed by atoms with Crippen molar-refractivity contribution in [3.8, 4) is 0 Å². The van der Waals surface area contributed by atoms with Crippen molar-refractivity contribution >= 4 is 12.2 Å². The summed E-state index contributed by atoms with van der Waals surface area (Å²) in [6.07, 6.45) is 6.10. The van der Waals surface area contributed by atoms with E-state index in [1.54, 1.807) is 12.3 Å². The van der Waals surface area contributed by atoms with Crippen molar-refractivity contribution in [2.45, 2.75) is 20.0 Å². The maximum Gasteiger partial charge on any atom is 0.357 e. The normalized spacial score (nSPS) is 14.5. The summed E-state index contributed by atoms with van der Waals surface area (Å²) in [5.74, 6) is -0.388. The minimum Gasteiger partial charge on any atom is -0.456 e. The zero-order chi connectivity index (χ0) is 12.8. The summed E-state index contributed by atoms with van der Waals surface area (Å²) in [6, 6.07) is 9.60. The largest absolute Gasteiger partial charge is 0.456 e. The highest BCUT2D eigenvalue weighted by atomic mass is 16.5. The molecule has 0 amide bonds. The molecule has 1 aliphatic rings. The molecule has 0 saturated carbocycles. The van der Waals surface area contributed by atoms with Crippen LogP contribution in [0.3, 0.4) is 0 Å². The molecule has 2 rings (SSSR count). The number of ether oxygens (including phenoxy) is 1. The van der Waals surface area contributed by atoms with Gasteiger partial charge in [-0.05, 0) is 18.6 Å². The molecule has 0 spiro atoms. The number of hydrogen-bond donors (Lipinski definition) is 0. The zero-order valence-corrected chi connectivity index (χ0v) is 10.3. The number of nitrogens with zero attached hydrogens (tertiary/aromatic N) is 1. The van der Waals surface area contributed by atoms with Crippen molar-refractivity contribution in [2.24, 2.45) is 4.99 Å². The zero-order valence-electron chi connectivity index (χ0n) is 10.3. The lowest BCUT2D eigenvalue weighted by Crippen LogP contribution is -2.06. The first kappa shape index (κ1) is 12.3. The van der Waals surface area contributed by atoms with Gasteiger partial charge in [-0.15, -0.1) is 0 Å². The van der Waals surface area contributed by atoms with Gasteiger partial charge in [-0.2, -0.15) is 0 Å². The van der Waals surface area contributed by atoms with Gasteiger partial charge in [-0.1, -0.05) is 42.0 Å². The molecule has 1 aromatic rings. The lowest BCUT2D eigenvalue weighted by molar-refractivity contribution is -0.140. The Hall–Kier alpha value is -2.16. The average molecular weight is 241 g/mol. The van der Waals surface area contributed by atoms with Crippen LogP contribution in [0.1, 0.15) is 18.9 Å². The summed E-state index contributed by atoms with van der Waals surface area (Å²) in [6.45, 7) is 2.27. The van der Waals surface area contributed by atoms with Crippen LogP contribution < -0.4 is 0 Å². The van der Waals surface area contributed by atoms with Gasteiger partial charge in [0.2, 0.25) is 0 Å². The second kappa shape index (κ2) is 5.96. The summed E-state index contributed by atoms with van der Waals surface area (Å²) in [5, 5.41) is 0. The van der Waals surface area contributed by atoms with Crippen LogP contribution in [-0.2, 0) is 16.1 Å². The third-order valence-corrected chi connectivity index (χ3v) is 2.59. The molecule has 1 aliphatic heterocycles. The van der Waals surface area contributed by atoms with Crippen molar-refractivity contribution in [3.05, 3.63) is 59.3 Å². The van der Waals surface area contributed by atoms with E-state index in [2.05, 4.69) is 4.99 Å². The summed E-state index contributed by atoms with van der Waals surface area (Å²) < 4.78 is 5.21. The standard InChI is InChI=1S/C15H15NO2/c1-12-7-8-14(16-10-9-12)15(17)18-11-13-5-3-2-4-6-13/h2-8,10H,9,11H2,1H3. The summed E-state index contributed by atoms with van der Waals surface area (Å²) in [7, 11) is 0. The lowest BCUT2D eigenvalue weighted by atomic mass is 10.2. The molecule has 0 radical (unpaired) electrons. The predicted molar refractivity (Wildman–Crippen MR) is 71.2 cm³/mol. The van der Waals surface area contributed by atoms with Crippen LogP contribution in [0.2, 0.25) is 0 Å². The molecule has 3 heteroatoms. The Labute approximate surface area is 107 Å². The van der Waals surface area contributed by atoms with Crippen LogP contribution in [0.4, 0.5) is 0 Å². The second-order valence-corrected chi connectivity index (χ2v) is 4.14. The van der Waals surface area contributed by atoms with Gasteiger partial charge in [0.05, 0.1) is 0 Å². The predicted octanol–water partition coefficient (Wildman–Crippen LogP) is 3.03. The van der Waals surface area contributed by atoms with Crippen molar-refractivity contribution in [1.29, 1.82) is 0 Å². The molecule has 0 aliphatic carbocycles. The van der Waals surface area contributed by atoms with Gasteiger partial charge in [0.1, 0.15) is 12.3 Å². The first-order valence-corrected chi connectivity index (χ1v) is 5.87. The number of carbonyl (C=O) groups excluding carboxylic acids is 1. The molecule has 0 fully saturated rings. The van der Waals surface area contributed by atoms with E-state index < -0.39 is 0 Å². The van der Waals surface area contributed by atoms with Crippen LogP contribution in [0.15, 0.2) is 58.7 Å². The molecule has 0 saturated heterocycles. The lowest BCUT2D eigenvalue weighted by Gasteiger charge is -2.04. The van der Waals surface area contributed by atoms with E-state index in [-0.39, 0.29) is 12.6 Å². The second-order valence-electron chi connectivity index (χ2n) is 4.14. The highest BCUT2D eigenvalue weighted by molar-refractivity contribution is 5.90. The van der Waals surface area contributed by atoms with E-state index in [0.717, 1.165) is 12.0 Å². The van der Waals surface area contributed by atoms with Gasteiger partial charge in [0.15, 0.2) is 0 Å². The van der Waals surface area contributed by atoms with Crippen LogP contribution in [0.25, 0.3) is 0 Å². The fourth-order valence-electron chi connectivity index (χ4n) is 1.54. The number of rotatable bonds is 3. The highest BCUT2D eigenvalue weighted by Crippen LogP contribution is 2.10. The fourth-order valence-corrected chi connectivity index (χ4v) is 1.54. The number of hydrogen-bond acceptors (Lipinski definition) is 3. The average Bonchev–Trinajstić information content (AvgIpc) is 2.62. The Morgan fingerprint density at radius 1 is 1.28 bits per heavy atom. The monoisotopic (exact) mass is 241 g/mol. The number of allylic oxidation sites excluding steroid dienone is 3. The van der Waals surface area contributed by atoms with E-state index in [4.69, 9.17) is 4.74 Å². The first-order chi connectivity index (χ1) is 8.75. The SMILES string of the molecule is CC1=CC=C(C(=O)OCc2ccccc2)N=CC1. The molecular formula is C15H15NO2. The Kier molecular flexibility index (Phi) is 4.07. The molecule has 0 aromatic heterocycles. The van der Waals surface area contributed by atoms with Crippen molar-refractivity contribution in [3.63, 3.8) is 0 Å². The van der Waals surface area contributed by atoms with Gasteiger partial charge >= 0.3 is 5.97 Å². The molecule has 1 aromatic carbocycles. The number of benzene rings is 1. The molecule has 3 nitrogen and oxygen atoms in total. The van der Waals surface area contributed by atoms with Gasteiger partial charge < -0.3 is 4.74 Å². The minimum atomic E-state index is -0.388. The van der Waals surface area contributed by atoms with Crippen molar-refractivity contribution in [2.75, 3.05) is 0 Å². The minimum absolute atomic E-state index is 0.273. The maximum absolute atomic E-state index is 11.8. The summed E-state index contributed by atoms with van der Waals surface area (Å²) in [5.41, 5.74) is 2.49. The Bertz CT molecular complexity index is 513. The Morgan fingerprint density at radius 2 is 2.06 bits per heavy atom.